The number of nitrogens with zero attached hydrogens (tertiary/aromatic N) is 3. The molecule has 2 fully saturated rings. The third-order valence-corrected chi connectivity index (χ3v) is 6.36. The van der Waals surface area contributed by atoms with Crippen molar-refractivity contribution in [1.29, 1.82) is 0 Å². The summed E-state index contributed by atoms with van der Waals surface area (Å²) in [5.74, 6) is 1.12. The molecule has 3 aliphatic rings. The van der Waals surface area contributed by atoms with Gasteiger partial charge in [-0.05, 0) is 35.9 Å². The Morgan fingerprint density at radius 1 is 0.903 bits per heavy atom. The summed E-state index contributed by atoms with van der Waals surface area (Å²) in [5, 5.41) is 0.785. The van der Waals surface area contributed by atoms with Crippen molar-refractivity contribution in [2.45, 2.75) is 19.0 Å². The first kappa shape index (κ1) is 20.6. The van der Waals surface area contributed by atoms with Crippen LogP contribution >= 0.6 is 23.2 Å². The van der Waals surface area contributed by atoms with Crippen LogP contribution in [0, 0.1) is 0 Å². The first-order chi connectivity index (χ1) is 15.0. The number of carbonyl (C=O) groups excluding carboxylic acids is 2. The van der Waals surface area contributed by atoms with Crippen molar-refractivity contribution in [3.63, 3.8) is 0 Å². The van der Waals surface area contributed by atoms with Crippen LogP contribution < -0.4 is 14.4 Å². The average molecular weight is 462 g/mol. The number of benzene rings is 2. The standard InChI is InChI=1S/C22H21Cl2N3O4/c23-15-8-16(24)10-17(9-15)27-21(28)11-18(22(27)29)26-5-3-25(4-6-26)12-14-1-2-19-20(7-14)31-13-30-19/h1-2,7-10,18H,3-6,11-13H2/t18-/m0/s1. The van der Waals surface area contributed by atoms with Crippen LogP contribution in [0.25, 0.3) is 0 Å². The molecule has 7 nitrogen and oxygen atoms in total. The molecule has 0 saturated carbocycles. The Bertz CT molecular complexity index is 1020. The number of amides is 2. The lowest BCUT2D eigenvalue weighted by molar-refractivity contribution is -0.123. The number of hydrogen-bond donors (Lipinski definition) is 0. The Morgan fingerprint density at radius 3 is 2.35 bits per heavy atom. The Hall–Kier alpha value is -2.32. The van der Waals surface area contributed by atoms with Crippen LogP contribution in [0.5, 0.6) is 11.5 Å². The highest BCUT2D eigenvalue weighted by Crippen LogP contribution is 2.33. The van der Waals surface area contributed by atoms with Crippen LogP contribution in [0.1, 0.15) is 12.0 Å². The zero-order chi connectivity index (χ0) is 21.5. The molecule has 0 N–H and O–H groups in total. The SMILES string of the molecule is O=C1C[C@H](N2CCN(Cc3ccc4c(c3)OCO4)CC2)C(=O)N1c1cc(Cl)cc(Cl)c1. The van der Waals surface area contributed by atoms with Gasteiger partial charge in [-0.3, -0.25) is 19.4 Å². The number of imide groups is 1. The second kappa shape index (κ2) is 8.31. The molecule has 2 amide bonds. The van der Waals surface area contributed by atoms with E-state index in [0.29, 0.717) is 15.7 Å². The van der Waals surface area contributed by atoms with Crippen LogP contribution in [-0.4, -0.2) is 60.6 Å². The van der Waals surface area contributed by atoms with E-state index in [-0.39, 0.29) is 25.0 Å². The van der Waals surface area contributed by atoms with Crippen LogP contribution in [0.15, 0.2) is 36.4 Å². The van der Waals surface area contributed by atoms with Crippen LogP contribution in [-0.2, 0) is 16.1 Å². The smallest absolute Gasteiger partial charge is 0.251 e. The number of anilines is 1. The van der Waals surface area contributed by atoms with Gasteiger partial charge in [0.05, 0.1) is 18.2 Å². The topological polar surface area (TPSA) is 62.3 Å². The number of halogens is 2. The third kappa shape index (κ3) is 4.11. The van der Waals surface area contributed by atoms with E-state index in [1.807, 2.05) is 18.2 Å². The van der Waals surface area contributed by atoms with Gasteiger partial charge >= 0.3 is 0 Å². The maximum absolute atomic E-state index is 13.1. The van der Waals surface area contributed by atoms with Gasteiger partial charge in [-0.1, -0.05) is 29.3 Å². The van der Waals surface area contributed by atoms with Crippen LogP contribution in [0.2, 0.25) is 10.0 Å². The molecule has 31 heavy (non-hydrogen) atoms. The monoisotopic (exact) mass is 461 g/mol. The molecule has 2 saturated heterocycles. The number of hydrogen-bond acceptors (Lipinski definition) is 6. The summed E-state index contributed by atoms with van der Waals surface area (Å²) in [4.78, 5) is 31.3. The molecule has 5 rings (SSSR count). The molecule has 9 heteroatoms. The molecule has 2 aromatic carbocycles. The molecule has 0 bridgehead atoms. The third-order valence-electron chi connectivity index (χ3n) is 5.92. The summed E-state index contributed by atoms with van der Waals surface area (Å²) >= 11 is 12.1. The fraction of sp³-hybridized carbons (Fsp3) is 0.364. The summed E-state index contributed by atoms with van der Waals surface area (Å²) in [7, 11) is 0. The minimum Gasteiger partial charge on any atom is -0.454 e. The lowest BCUT2D eigenvalue weighted by atomic mass is 10.1. The second-order valence-electron chi connectivity index (χ2n) is 7.91. The van der Waals surface area contributed by atoms with Crippen molar-refractivity contribution >= 4 is 40.7 Å². The van der Waals surface area contributed by atoms with Gasteiger partial charge in [0.15, 0.2) is 11.5 Å². The fourth-order valence-electron chi connectivity index (χ4n) is 4.37. The predicted molar refractivity (Wildman–Crippen MR) is 117 cm³/mol. The summed E-state index contributed by atoms with van der Waals surface area (Å²) in [6.07, 6.45) is 0.172. The molecule has 1 atom stereocenters. The Labute approximate surface area is 190 Å². The molecule has 0 radical (unpaired) electrons. The zero-order valence-electron chi connectivity index (χ0n) is 16.7. The van der Waals surface area contributed by atoms with Crippen LogP contribution in [0.3, 0.4) is 0 Å². The average Bonchev–Trinajstić information content (AvgIpc) is 3.31. The van der Waals surface area contributed by atoms with Crippen molar-refractivity contribution in [1.82, 2.24) is 9.80 Å². The van der Waals surface area contributed by atoms with Gasteiger partial charge in [-0.15, -0.1) is 0 Å². The first-order valence-electron chi connectivity index (χ1n) is 10.2. The minimum absolute atomic E-state index is 0.172. The molecule has 0 aromatic heterocycles. The van der Waals surface area contributed by atoms with Gasteiger partial charge in [0.2, 0.25) is 12.7 Å². The first-order valence-corrected chi connectivity index (χ1v) is 10.9. The quantitative estimate of drug-likeness (QED) is 0.651. The van der Waals surface area contributed by atoms with E-state index in [2.05, 4.69) is 9.80 Å². The van der Waals surface area contributed by atoms with Gasteiger partial charge in [0, 0.05) is 42.8 Å². The van der Waals surface area contributed by atoms with Gasteiger partial charge in [-0.25, -0.2) is 4.90 Å². The van der Waals surface area contributed by atoms with Gasteiger partial charge in [0.25, 0.3) is 5.91 Å². The van der Waals surface area contributed by atoms with Crippen molar-refractivity contribution < 1.29 is 19.1 Å². The number of fused-ring (bicyclic) bond motifs is 1. The van der Waals surface area contributed by atoms with E-state index in [9.17, 15) is 9.59 Å². The minimum atomic E-state index is -0.446. The molecule has 0 aliphatic carbocycles. The molecular formula is C22H21Cl2N3O4. The lowest BCUT2D eigenvalue weighted by Crippen LogP contribution is -2.52. The molecule has 0 unspecified atom stereocenters. The van der Waals surface area contributed by atoms with E-state index in [1.165, 1.54) is 4.90 Å². The van der Waals surface area contributed by atoms with E-state index in [0.717, 1.165) is 49.8 Å². The Morgan fingerprint density at radius 2 is 1.61 bits per heavy atom. The largest absolute Gasteiger partial charge is 0.454 e. The van der Waals surface area contributed by atoms with Crippen LogP contribution in [0.4, 0.5) is 5.69 Å². The molecule has 2 aromatic rings. The van der Waals surface area contributed by atoms with Gasteiger partial charge in [-0.2, -0.15) is 0 Å². The summed E-state index contributed by atoms with van der Waals surface area (Å²) < 4.78 is 10.8. The maximum atomic E-state index is 13.1. The summed E-state index contributed by atoms with van der Waals surface area (Å²) in [6.45, 7) is 4.14. The number of piperazine rings is 1. The van der Waals surface area contributed by atoms with E-state index in [1.54, 1.807) is 18.2 Å². The second-order valence-corrected chi connectivity index (χ2v) is 8.79. The Balaban J connectivity index is 1.21. The van der Waals surface area contributed by atoms with Crippen molar-refractivity contribution in [2.24, 2.45) is 0 Å². The van der Waals surface area contributed by atoms with E-state index < -0.39 is 6.04 Å². The number of rotatable bonds is 4. The van der Waals surface area contributed by atoms with Gasteiger partial charge < -0.3 is 9.47 Å². The van der Waals surface area contributed by atoms with Crippen molar-refractivity contribution in [3.05, 3.63) is 52.0 Å². The van der Waals surface area contributed by atoms with Crippen molar-refractivity contribution in [2.75, 3.05) is 37.9 Å². The maximum Gasteiger partial charge on any atom is 0.251 e. The highest BCUT2D eigenvalue weighted by molar-refractivity contribution is 6.35. The number of ether oxygens (including phenoxy) is 2. The molecule has 3 heterocycles. The normalized spacial score (nSPS) is 21.9. The Kier molecular flexibility index (Phi) is 5.52. The van der Waals surface area contributed by atoms with E-state index in [4.69, 9.17) is 32.7 Å². The molecule has 3 aliphatic heterocycles. The summed E-state index contributed by atoms with van der Waals surface area (Å²) in [6, 6.07) is 10.3. The zero-order valence-corrected chi connectivity index (χ0v) is 18.2. The number of carbonyl (C=O) groups is 2. The van der Waals surface area contributed by atoms with Gasteiger partial charge in [0.1, 0.15) is 0 Å². The highest BCUT2D eigenvalue weighted by atomic mass is 35.5. The summed E-state index contributed by atoms with van der Waals surface area (Å²) in [5.41, 5.74) is 1.59. The predicted octanol–water partition coefficient (Wildman–Crippen LogP) is 3.17. The highest BCUT2D eigenvalue weighted by Gasteiger charge is 2.43. The lowest BCUT2D eigenvalue weighted by Gasteiger charge is -2.37. The molecule has 162 valence electrons. The molecule has 0 spiro atoms. The van der Waals surface area contributed by atoms with E-state index >= 15 is 0 Å². The molecular weight excluding hydrogens is 441 g/mol. The fourth-order valence-corrected chi connectivity index (χ4v) is 4.89. The van der Waals surface area contributed by atoms with Crippen molar-refractivity contribution in [3.8, 4) is 11.5 Å².